The Hall–Kier alpha value is -3.32. The van der Waals surface area contributed by atoms with Crippen LogP contribution >= 0.6 is 0 Å². The third-order valence-electron chi connectivity index (χ3n) is 4.32. The predicted molar refractivity (Wildman–Crippen MR) is 106 cm³/mol. The third-order valence-corrected chi connectivity index (χ3v) is 4.32. The molecule has 3 aromatic rings. The van der Waals surface area contributed by atoms with Crippen LogP contribution in [-0.4, -0.2) is 34.6 Å². The zero-order valence-corrected chi connectivity index (χ0v) is 15.6. The molecule has 2 aromatic heterocycles. The molecular formula is C21H23N3O4. The maximum atomic E-state index is 12.6. The van der Waals surface area contributed by atoms with Crippen molar-refractivity contribution in [2.24, 2.45) is 0 Å². The number of aryl methyl sites for hydroxylation is 1. The third kappa shape index (κ3) is 4.32. The van der Waals surface area contributed by atoms with Crippen LogP contribution in [0.25, 0.3) is 17.0 Å². The van der Waals surface area contributed by atoms with Crippen LogP contribution in [-0.2, 0) is 11.3 Å². The highest BCUT2D eigenvalue weighted by molar-refractivity contribution is 6.05. The quantitative estimate of drug-likeness (QED) is 0.413. The topological polar surface area (TPSA) is 96.5 Å². The van der Waals surface area contributed by atoms with Crippen LogP contribution in [0.15, 0.2) is 59.0 Å². The summed E-state index contributed by atoms with van der Waals surface area (Å²) in [7, 11) is 0. The zero-order chi connectivity index (χ0) is 19.9. The molecule has 0 saturated carbocycles. The van der Waals surface area contributed by atoms with Crippen LogP contribution in [0.4, 0.5) is 0 Å². The summed E-state index contributed by atoms with van der Waals surface area (Å²) < 4.78 is 7.19. The normalized spacial score (nSPS) is 11.6. The predicted octanol–water partition coefficient (Wildman–Crippen LogP) is 2.52. The number of carbonyl (C=O) groups is 2. The van der Waals surface area contributed by atoms with Crippen molar-refractivity contribution in [3.8, 4) is 0 Å². The van der Waals surface area contributed by atoms with Crippen molar-refractivity contribution in [1.82, 2.24) is 15.2 Å². The summed E-state index contributed by atoms with van der Waals surface area (Å²) in [5, 5.41) is 15.2. The number of rotatable bonds is 8. The molecule has 0 unspecified atom stereocenters. The molecule has 0 saturated heterocycles. The number of carbonyl (C=O) groups excluding carboxylic acids is 2. The van der Waals surface area contributed by atoms with E-state index in [0.29, 0.717) is 13.0 Å². The number of fused-ring (bicyclic) bond motifs is 1. The average molecular weight is 381 g/mol. The molecule has 2 amide bonds. The summed E-state index contributed by atoms with van der Waals surface area (Å²) in [5.41, 5.74) is 1.98. The van der Waals surface area contributed by atoms with Gasteiger partial charge in [0.25, 0.3) is 11.8 Å². The molecule has 0 fully saturated rings. The molecule has 0 aliphatic carbocycles. The van der Waals surface area contributed by atoms with Crippen LogP contribution in [0.1, 0.15) is 29.5 Å². The number of nitrogens with one attached hydrogen (secondary N) is 2. The first-order valence-corrected chi connectivity index (χ1v) is 9.17. The second kappa shape index (κ2) is 9.05. The average Bonchev–Trinajstić information content (AvgIpc) is 3.36. The van der Waals surface area contributed by atoms with Crippen LogP contribution in [0.3, 0.4) is 0 Å². The van der Waals surface area contributed by atoms with Gasteiger partial charge in [-0.1, -0.05) is 18.2 Å². The van der Waals surface area contributed by atoms with Gasteiger partial charge in [-0.2, -0.15) is 0 Å². The number of aliphatic hydroxyl groups excluding tert-OH is 1. The van der Waals surface area contributed by atoms with Crippen LogP contribution in [0.5, 0.6) is 0 Å². The second-order valence-electron chi connectivity index (χ2n) is 6.21. The number of benzene rings is 1. The summed E-state index contributed by atoms with van der Waals surface area (Å²) >= 11 is 0. The van der Waals surface area contributed by atoms with E-state index in [1.54, 1.807) is 12.1 Å². The summed E-state index contributed by atoms with van der Waals surface area (Å²) in [6, 6.07) is 11.0. The van der Waals surface area contributed by atoms with E-state index in [1.807, 2.05) is 37.4 Å². The zero-order valence-electron chi connectivity index (χ0n) is 15.6. The van der Waals surface area contributed by atoms with Gasteiger partial charge in [0, 0.05) is 42.4 Å². The molecule has 2 heterocycles. The van der Waals surface area contributed by atoms with Gasteiger partial charge in [-0.15, -0.1) is 0 Å². The summed E-state index contributed by atoms with van der Waals surface area (Å²) in [5.74, 6) is -0.820. The molecule has 28 heavy (non-hydrogen) atoms. The fraction of sp³-hybridized carbons (Fsp3) is 0.238. The lowest BCUT2D eigenvalue weighted by Crippen LogP contribution is -2.35. The van der Waals surface area contributed by atoms with Gasteiger partial charge in [-0.3, -0.25) is 9.59 Å². The smallest absolute Gasteiger partial charge is 0.291 e. The van der Waals surface area contributed by atoms with Crippen molar-refractivity contribution in [2.45, 2.75) is 19.9 Å². The summed E-state index contributed by atoms with van der Waals surface area (Å²) in [6.07, 6.45) is 5.43. The Labute approximate surface area is 162 Å². The maximum absolute atomic E-state index is 12.6. The highest BCUT2D eigenvalue weighted by atomic mass is 16.3. The first kappa shape index (κ1) is 19.4. The molecule has 1 aromatic carbocycles. The highest BCUT2D eigenvalue weighted by Crippen LogP contribution is 2.23. The molecule has 0 atom stereocenters. The number of hydrogen-bond acceptors (Lipinski definition) is 4. The lowest BCUT2D eigenvalue weighted by atomic mass is 10.1. The first-order valence-electron chi connectivity index (χ1n) is 9.17. The van der Waals surface area contributed by atoms with Gasteiger partial charge in [0.2, 0.25) is 0 Å². The van der Waals surface area contributed by atoms with Gasteiger partial charge < -0.3 is 24.7 Å². The Morgan fingerprint density at radius 3 is 2.75 bits per heavy atom. The second-order valence-corrected chi connectivity index (χ2v) is 6.21. The van der Waals surface area contributed by atoms with Gasteiger partial charge >= 0.3 is 0 Å². The summed E-state index contributed by atoms with van der Waals surface area (Å²) in [6.45, 7) is 3.11. The Balaban J connectivity index is 1.95. The van der Waals surface area contributed by atoms with Gasteiger partial charge in [0.1, 0.15) is 5.70 Å². The van der Waals surface area contributed by atoms with Crippen LogP contribution in [0, 0.1) is 0 Å². The number of furan rings is 1. The fourth-order valence-electron chi connectivity index (χ4n) is 2.93. The SMILES string of the molecule is CCn1cc(C=C(NC(=O)c2ccco2)C(=O)NCCCO)c2ccccc21. The van der Waals surface area contributed by atoms with Gasteiger partial charge in [0.15, 0.2) is 5.76 Å². The van der Waals surface area contributed by atoms with E-state index in [4.69, 9.17) is 9.52 Å². The van der Waals surface area contributed by atoms with Crippen LogP contribution < -0.4 is 10.6 Å². The minimum absolute atomic E-state index is 0.0257. The van der Waals surface area contributed by atoms with Gasteiger partial charge in [0.05, 0.1) is 6.26 Å². The number of para-hydroxylation sites is 1. The van der Waals surface area contributed by atoms with Gasteiger partial charge in [-0.05, 0) is 37.6 Å². The van der Waals surface area contributed by atoms with E-state index in [2.05, 4.69) is 15.2 Å². The van der Waals surface area contributed by atoms with E-state index < -0.39 is 11.8 Å². The molecule has 3 rings (SSSR count). The number of aromatic nitrogens is 1. The monoisotopic (exact) mass is 381 g/mol. The number of amides is 2. The van der Waals surface area contributed by atoms with Crippen molar-refractivity contribution in [3.05, 3.63) is 65.9 Å². The molecule has 7 heteroatoms. The van der Waals surface area contributed by atoms with Crippen molar-refractivity contribution in [1.29, 1.82) is 0 Å². The molecule has 7 nitrogen and oxygen atoms in total. The maximum Gasteiger partial charge on any atom is 0.291 e. The molecular weight excluding hydrogens is 358 g/mol. The van der Waals surface area contributed by atoms with Crippen molar-refractivity contribution < 1.29 is 19.1 Å². The van der Waals surface area contributed by atoms with E-state index in [0.717, 1.165) is 23.0 Å². The van der Waals surface area contributed by atoms with Crippen LogP contribution in [0.2, 0.25) is 0 Å². The van der Waals surface area contributed by atoms with Crippen molar-refractivity contribution >= 4 is 28.8 Å². The molecule has 0 aliphatic heterocycles. The van der Waals surface area contributed by atoms with Gasteiger partial charge in [-0.25, -0.2) is 0 Å². The number of hydrogen-bond donors (Lipinski definition) is 3. The Morgan fingerprint density at radius 2 is 2.04 bits per heavy atom. The number of nitrogens with zero attached hydrogens (tertiary/aromatic N) is 1. The van der Waals surface area contributed by atoms with E-state index in [-0.39, 0.29) is 18.1 Å². The van der Waals surface area contributed by atoms with E-state index in [9.17, 15) is 9.59 Å². The number of aliphatic hydroxyl groups is 1. The van der Waals surface area contributed by atoms with Crippen molar-refractivity contribution in [2.75, 3.05) is 13.2 Å². The molecule has 146 valence electrons. The largest absolute Gasteiger partial charge is 0.459 e. The first-order chi connectivity index (χ1) is 13.6. The standard InChI is InChI=1S/C21H23N3O4/c1-2-24-14-15(16-7-3-4-8-18(16)24)13-17(20(26)22-10-6-11-25)23-21(27)19-9-5-12-28-19/h3-5,7-9,12-14,25H,2,6,10-11H2,1H3,(H,22,26)(H,23,27). The molecule has 3 N–H and O–H groups in total. The lowest BCUT2D eigenvalue weighted by molar-refractivity contribution is -0.117. The summed E-state index contributed by atoms with van der Waals surface area (Å²) in [4.78, 5) is 25.0. The van der Waals surface area contributed by atoms with E-state index in [1.165, 1.54) is 12.3 Å². The minimum atomic E-state index is -0.507. The lowest BCUT2D eigenvalue weighted by Gasteiger charge is -2.09. The van der Waals surface area contributed by atoms with E-state index >= 15 is 0 Å². The fourth-order valence-corrected chi connectivity index (χ4v) is 2.93. The molecule has 0 bridgehead atoms. The minimum Gasteiger partial charge on any atom is -0.459 e. The van der Waals surface area contributed by atoms with Crippen molar-refractivity contribution in [3.63, 3.8) is 0 Å². The Kier molecular flexibility index (Phi) is 6.29. The molecule has 0 radical (unpaired) electrons. The molecule has 0 aliphatic rings. The Morgan fingerprint density at radius 1 is 1.21 bits per heavy atom. The molecule has 0 spiro atoms. The highest BCUT2D eigenvalue weighted by Gasteiger charge is 2.17. The Bertz CT molecular complexity index is 986.